The molecule has 0 fully saturated rings. The Bertz CT molecular complexity index is 549. The Kier molecular flexibility index (Phi) is 6.15. The van der Waals surface area contributed by atoms with Gasteiger partial charge in [0.05, 0.1) is 4.88 Å². The van der Waals surface area contributed by atoms with Gasteiger partial charge >= 0.3 is 0 Å². The molecule has 1 heterocycles. The van der Waals surface area contributed by atoms with Gasteiger partial charge in [-0.3, -0.25) is 4.79 Å². The fourth-order valence-electron chi connectivity index (χ4n) is 2.67. The molecule has 0 aliphatic carbocycles. The number of hydrogen-bond acceptors (Lipinski definition) is 3. The number of aldehydes is 1. The lowest BCUT2D eigenvalue weighted by molar-refractivity contribution is 0.112. The average molecular weight is 301 g/mol. The van der Waals surface area contributed by atoms with E-state index in [4.69, 9.17) is 0 Å². The molecule has 1 unspecified atom stereocenters. The van der Waals surface area contributed by atoms with Gasteiger partial charge in [0.15, 0.2) is 6.29 Å². The summed E-state index contributed by atoms with van der Waals surface area (Å²) < 4.78 is 0. The van der Waals surface area contributed by atoms with E-state index in [2.05, 4.69) is 55.1 Å². The molecular formula is C18H23NOS. The Morgan fingerprint density at radius 1 is 1.24 bits per heavy atom. The molecule has 1 atom stereocenters. The Morgan fingerprint density at radius 3 is 2.67 bits per heavy atom. The number of nitrogens with zero attached hydrogens (tertiary/aromatic N) is 1. The molecule has 3 heteroatoms. The van der Waals surface area contributed by atoms with Crippen LogP contribution in [0.5, 0.6) is 0 Å². The second-order valence-electron chi connectivity index (χ2n) is 5.35. The molecule has 1 aromatic carbocycles. The highest BCUT2D eigenvalue weighted by molar-refractivity contribution is 7.11. The highest BCUT2D eigenvalue weighted by Gasteiger charge is 2.15. The van der Waals surface area contributed by atoms with Crippen molar-refractivity contribution in [3.05, 3.63) is 57.8 Å². The monoisotopic (exact) mass is 301 g/mol. The molecule has 112 valence electrons. The summed E-state index contributed by atoms with van der Waals surface area (Å²) in [6.45, 7) is 6.55. The van der Waals surface area contributed by atoms with Gasteiger partial charge in [0.1, 0.15) is 0 Å². The zero-order valence-electron chi connectivity index (χ0n) is 12.8. The molecule has 0 bridgehead atoms. The summed E-state index contributed by atoms with van der Waals surface area (Å²) in [4.78, 5) is 14.4. The summed E-state index contributed by atoms with van der Waals surface area (Å²) in [7, 11) is 0. The quantitative estimate of drug-likeness (QED) is 0.685. The predicted octanol–water partition coefficient (Wildman–Crippen LogP) is 4.06. The summed E-state index contributed by atoms with van der Waals surface area (Å²) in [5.41, 5.74) is 2.56. The number of rotatable bonds is 8. The number of benzene rings is 1. The lowest BCUT2D eigenvalue weighted by Gasteiger charge is -2.28. The highest BCUT2D eigenvalue weighted by atomic mass is 32.1. The van der Waals surface area contributed by atoms with E-state index in [0.29, 0.717) is 6.04 Å². The Balaban J connectivity index is 1.92. The van der Waals surface area contributed by atoms with Gasteiger partial charge in [-0.2, -0.15) is 0 Å². The van der Waals surface area contributed by atoms with E-state index in [1.165, 1.54) is 22.5 Å². The summed E-state index contributed by atoms with van der Waals surface area (Å²) in [6, 6.07) is 13.1. The van der Waals surface area contributed by atoms with Crippen molar-refractivity contribution in [2.24, 2.45) is 0 Å². The van der Waals surface area contributed by atoms with Gasteiger partial charge in [-0.1, -0.05) is 37.3 Å². The van der Waals surface area contributed by atoms with E-state index in [0.717, 1.165) is 37.1 Å². The number of carbonyl (C=O) groups is 1. The van der Waals surface area contributed by atoms with Gasteiger partial charge in [-0.15, -0.1) is 11.3 Å². The van der Waals surface area contributed by atoms with E-state index in [9.17, 15) is 4.79 Å². The highest BCUT2D eigenvalue weighted by Crippen LogP contribution is 2.18. The predicted molar refractivity (Wildman–Crippen MR) is 90.3 cm³/mol. The zero-order valence-corrected chi connectivity index (χ0v) is 13.6. The van der Waals surface area contributed by atoms with Crippen molar-refractivity contribution >= 4 is 17.6 Å². The minimum absolute atomic E-state index is 0.451. The second kappa shape index (κ2) is 8.11. The summed E-state index contributed by atoms with van der Waals surface area (Å²) in [5, 5.41) is 2.01. The van der Waals surface area contributed by atoms with Crippen LogP contribution in [0.4, 0.5) is 0 Å². The van der Waals surface area contributed by atoms with E-state index in [1.54, 1.807) is 0 Å². The number of carbonyl (C=O) groups excluding carboxylic acids is 1. The molecule has 0 aliphatic rings. The van der Waals surface area contributed by atoms with E-state index in [1.807, 2.05) is 5.38 Å². The molecule has 0 N–H and O–H groups in total. The number of likely N-dealkylation sites (N-methyl/N-ethyl adjacent to an activating group) is 1. The van der Waals surface area contributed by atoms with Crippen LogP contribution in [0.3, 0.4) is 0 Å². The maximum absolute atomic E-state index is 11.0. The van der Waals surface area contributed by atoms with Gasteiger partial charge in [0.2, 0.25) is 0 Å². The van der Waals surface area contributed by atoms with Crippen molar-refractivity contribution in [1.82, 2.24) is 4.90 Å². The molecule has 2 aromatic rings. The van der Waals surface area contributed by atoms with Crippen LogP contribution in [0.15, 0.2) is 41.8 Å². The molecule has 0 saturated carbocycles. The Morgan fingerprint density at radius 2 is 2.00 bits per heavy atom. The average Bonchev–Trinajstić information content (AvgIpc) is 2.96. The maximum Gasteiger partial charge on any atom is 0.160 e. The number of hydrogen-bond donors (Lipinski definition) is 0. The van der Waals surface area contributed by atoms with Crippen molar-refractivity contribution in [2.45, 2.75) is 32.7 Å². The normalized spacial score (nSPS) is 12.5. The lowest BCUT2D eigenvalue weighted by atomic mass is 10.1. The zero-order chi connectivity index (χ0) is 15.1. The molecule has 2 rings (SSSR count). The van der Waals surface area contributed by atoms with Crippen molar-refractivity contribution in [1.29, 1.82) is 0 Å². The van der Waals surface area contributed by atoms with Crippen LogP contribution in [0.25, 0.3) is 0 Å². The van der Waals surface area contributed by atoms with Crippen LogP contribution < -0.4 is 0 Å². The summed E-state index contributed by atoms with van der Waals surface area (Å²) in [6.07, 6.45) is 3.00. The Labute approximate surface area is 131 Å². The first-order valence-corrected chi connectivity index (χ1v) is 8.42. The van der Waals surface area contributed by atoms with Gasteiger partial charge in [0.25, 0.3) is 0 Å². The molecule has 1 aromatic heterocycles. The van der Waals surface area contributed by atoms with Crippen molar-refractivity contribution in [3.8, 4) is 0 Å². The van der Waals surface area contributed by atoms with E-state index in [-0.39, 0.29) is 0 Å². The molecular weight excluding hydrogens is 278 g/mol. The second-order valence-corrected chi connectivity index (χ2v) is 6.29. The third kappa shape index (κ3) is 4.51. The van der Waals surface area contributed by atoms with Crippen LogP contribution in [-0.4, -0.2) is 30.3 Å². The fourth-order valence-corrected chi connectivity index (χ4v) is 3.41. The molecule has 2 nitrogen and oxygen atoms in total. The van der Waals surface area contributed by atoms with Gasteiger partial charge in [-0.05, 0) is 48.9 Å². The lowest BCUT2D eigenvalue weighted by Crippen LogP contribution is -2.36. The van der Waals surface area contributed by atoms with Crippen LogP contribution >= 0.6 is 11.3 Å². The fraction of sp³-hybridized carbons (Fsp3) is 0.389. The van der Waals surface area contributed by atoms with Gasteiger partial charge in [0, 0.05) is 12.6 Å². The molecule has 0 saturated heterocycles. The van der Waals surface area contributed by atoms with Crippen molar-refractivity contribution in [3.63, 3.8) is 0 Å². The molecule has 0 radical (unpaired) electrons. The van der Waals surface area contributed by atoms with Crippen molar-refractivity contribution < 1.29 is 4.79 Å². The molecule has 21 heavy (non-hydrogen) atoms. The van der Waals surface area contributed by atoms with E-state index >= 15 is 0 Å². The minimum Gasteiger partial charge on any atom is -0.300 e. The molecule has 0 amide bonds. The first kappa shape index (κ1) is 15.9. The third-order valence-electron chi connectivity index (χ3n) is 3.96. The van der Waals surface area contributed by atoms with Gasteiger partial charge < -0.3 is 4.90 Å². The van der Waals surface area contributed by atoms with Crippen LogP contribution in [0.1, 0.15) is 34.6 Å². The Hall–Kier alpha value is -1.45. The van der Waals surface area contributed by atoms with E-state index < -0.39 is 0 Å². The van der Waals surface area contributed by atoms with Crippen LogP contribution in [0.2, 0.25) is 0 Å². The summed E-state index contributed by atoms with van der Waals surface area (Å²) in [5.74, 6) is 0. The van der Waals surface area contributed by atoms with Crippen LogP contribution in [0, 0.1) is 0 Å². The SMILES string of the molecule is CCN(CCc1ccccc1)C(C)Cc1ccsc1C=O. The molecule has 0 spiro atoms. The first-order chi connectivity index (χ1) is 10.2. The molecule has 0 aliphatic heterocycles. The van der Waals surface area contributed by atoms with Crippen LogP contribution in [-0.2, 0) is 12.8 Å². The standard InChI is InChI=1S/C18H23NOS/c1-3-19(11-9-16-7-5-4-6-8-16)15(2)13-17-10-12-21-18(17)14-20/h4-8,10,12,14-15H,3,9,11,13H2,1-2H3. The number of thiophene rings is 1. The minimum atomic E-state index is 0.451. The summed E-state index contributed by atoms with van der Waals surface area (Å²) >= 11 is 1.53. The topological polar surface area (TPSA) is 20.3 Å². The largest absolute Gasteiger partial charge is 0.300 e. The first-order valence-electron chi connectivity index (χ1n) is 7.54. The van der Waals surface area contributed by atoms with Crippen molar-refractivity contribution in [2.75, 3.05) is 13.1 Å². The smallest absolute Gasteiger partial charge is 0.160 e. The van der Waals surface area contributed by atoms with Gasteiger partial charge in [-0.25, -0.2) is 0 Å². The third-order valence-corrected chi connectivity index (χ3v) is 4.85. The maximum atomic E-state index is 11.0.